The predicted octanol–water partition coefficient (Wildman–Crippen LogP) is 3.15. The maximum absolute atomic E-state index is 4.56. The highest BCUT2D eigenvalue weighted by atomic mass is 14.9. The Hall–Kier alpha value is -0.890. The van der Waals surface area contributed by atoms with Crippen LogP contribution in [0.3, 0.4) is 0 Å². The highest BCUT2D eigenvalue weighted by molar-refractivity contribution is 5.25. The lowest BCUT2D eigenvalue weighted by molar-refractivity contribution is 0.483. The zero-order valence-electron chi connectivity index (χ0n) is 10.6. The molecule has 1 saturated carbocycles. The Bertz CT molecular complexity index is 356. The van der Waals surface area contributed by atoms with Crippen molar-refractivity contribution in [1.82, 2.24) is 10.3 Å². The minimum Gasteiger partial charge on any atom is -0.310 e. The number of aryl methyl sites for hydroxylation is 2. The van der Waals surface area contributed by atoms with Crippen molar-refractivity contribution in [2.45, 2.75) is 46.1 Å². The first-order valence-electron chi connectivity index (χ1n) is 6.38. The van der Waals surface area contributed by atoms with Gasteiger partial charge in [-0.3, -0.25) is 4.98 Å². The predicted molar refractivity (Wildman–Crippen MR) is 67.5 cm³/mol. The number of hydrogen-bond acceptors (Lipinski definition) is 2. The van der Waals surface area contributed by atoms with Crippen LogP contribution in [0.2, 0.25) is 0 Å². The van der Waals surface area contributed by atoms with Crippen LogP contribution in [0.15, 0.2) is 12.1 Å². The summed E-state index contributed by atoms with van der Waals surface area (Å²) >= 11 is 0. The van der Waals surface area contributed by atoms with Gasteiger partial charge < -0.3 is 5.32 Å². The third-order valence-electron chi connectivity index (χ3n) is 3.36. The molecule has 16 heavy (non-hydrogen) atoms. The van der Waals surface area contributed by atoms with Gasteiger partial charge in [-0.1, -0.05) is 25.8 Å². The summed E-state index contributed by atoms with van der Waals surface area (Å²) in [4.78, 5) is 4.56. The molecule has 2 nitrogen and oxygen atoms in total. The molecule has 2 heteroatoms. The largest absolute Gasteiger partial charge is 0.310 e. The van der Waals surface area contributed by atoms with Crippen molar-refractivity contribution in [2.24, 2.45) is 5.92 Å². The van der Waals surface area contributed by atoms with Gasteiger partial charge in [-0.2, -0.15) is 0 Å². The second kappa shape index (κ2) is 4.96. The zero-order chi connectivity index (χ0) is 11.5. The molecule has 1 heterocycles. The summed E-state index contributed by atoms with van der Waals surface area (Å²) in [6.45, 7) is 7.39. The second-order valence-corrected chi connectivity index (χ2v) is 4.92. The van der Waals surface area contributed by atoms with Crippen LogP contribution < -0.4 is 5.32 Å². The minimum atomic E-state index is 0.505. The van der Waals surface area contributed by atoms with Gasteiger partial charge in [0.05, 0.1) is 0 Å². The average molecular weight is 218 g/mol. The molecule has 1 aromatic rings. The van der Waals surface area contributed by atoms with E-state index in [0.29, 0.717) is 6.04 Å². The van der Waals surface area contributed by atoms with Crippen LogP contribution in [0.25, 0.3) is 0 Å². The summed E-state index contributed by atoms with van der Waals surface area (Å²) in [6.07, 6.45) is 4.11. The van der Waals surface area contributed by atoms with Gasteiger partial charge in [0.1, 0.15) is 0 Å². The van der Waals surface area contributed by atoms with Gasteiger partial charge in [0.25, 0.3) is 0 Å². The Labute approximate surface area is 98.5 Å². The van der Waals surface area contributed by atoms with E-state index in [-0.39, 0.29) is 0 Å². The molecule has 0 saturated heterocycles. The van der Waals surface area contributed by atoms with Crippen LogP contribution in [0.1, 0.15) is 49.2 Å². The highest BCUT2D eigenvalue weighted by Gasteiger charge is 2.26. The van der Waals surface area contributed by atoms with Crippen LogP contribution in [0.5, 0.6) is 0 Å². The zero-order valence-corrected chi connectivity index (χ0v) is 10.6. The molecule has 0 radical (unpaired) electrons. The van der Waals surface area contributed by atoms with E-state index in [4.69, 9.17) is 0 Å². The molecule has 0 aromatic carbocycles. The SMILES string of the molecule is CCNC(CC1CC1)c1ccc(C)nc1C. The summed E-state index contributed by atoms with van der Waals surface area (Å²) in [5, 5.41) is 3.59. The van der Waals surface area contributed by atoms with E-state index in [1.54, 1.807) is 0 Å². The molecule has 1 atom stereocenters. The first kappa shape index (κ1) is 11.6. The van der Waals surface area contributed by atoms with Crippen molar-refractivity contribution in [2.75, 3.05) is 6.54 Å². The molecule has 1 unspecified atom stereocenters. The molecule has 0 bridgehead atoms. The maximum atomic E-state index is 4.56. The Balaban J connectivity index is 2.15. The molecule has 0 aliphatic heterocycles. The fraction of sp³-hybridized carbons (Fsp3) is 0.643. The summed E-state index contributed by atoms with van der Waals surface area (Å²) < 4.78 is 0. The van der Waals surface area contributed by atoms with E-state index in [1.807, 2.05) is 0 Å². The van der Waals surface area contributed by atoms with Gasteiger partial charge in [-0.05, 0) is 44.4 Å². The number of nitrogens with zero attached hydrogens (tertiary/aromatic N) is 1. The van der Waals surface area contributed by atoms with Gasteiger partial charge in [0, 0.05) is 17.4 Å². The standard InChI is InChI=1S/C14H22N2/c1-4-15-14(9-12-6-7-12)13-8-5-10(2)16-11(13)3/h5,8,12,14-15H,4,6-7,9H2,1-3H3. The van der Waals surface area contributed by atoms with Crippen molar-refractivity contribution in [3.8, 4) is 0 Å². The average Bonchev–Trinajstić information content (AvgIpc) is 3.01. The smallest absolute Gasteiger partial charge is 0.0423 e. The molecule has 1 aliphatic rings. The monoisotopic (exact) mass is 218 g/mol. The van der Waals surface area contributed by atoms with Crippen molar-refractivity contribution in [3.63, 3.8) is 0 Å². The lowest BCUT2D eigenvalue weighted by Crippen LogP contribution is -2.22. The van der Waals surface area contributed by atoms with E-state index >= 15 is 0 Å². The van der Waals surface area contributed by atoms with Crippen molar-refractivity contribution >= 4 is 0 Å². The van der Waals surface area contributed by atoms with E-state index < -0.39 is 0 Å². The molecule has 1 aromatic heterocycles. The number of nitrogens with one attached hydrogen (secondary N) is 1. The highest BCUT2D eigenvalue weighted by Crippen LogP contribution is 2.38. The van der Waals surface area contributed by atoms with Crippen LogP contribution in [-0.2, 0) is 0 Å². The van der Waals surface area contributed by atoms with E-state index in [2.05, 4.69) is 43.2 Å². The van der Waals surface area contributed by atoms with Crippen LogP contribution in [0, 0.1) is 19.8 Å². The summed E-state index contributed by atoms with van der Waals surface area (Å²) in [5.41, 5.74) is 3.69. The lowest BCUT2D eigenvalue weighted by Gasteiger charge is -2.20. The summed E-state index contributed by atoms with van der Waals surface area (Å²) in [7, 11) is 0. The van der Waals surface area contributed by atoms with E-state index in [0.717, 1.165) is 18.2 Å². The number of hydrogen-bond donors (Lipinski definition) is 1. The fourth-order valence-corrected chi connectivity index (χ4v) is 2.32. The summed E-state index contributed by atoms with van der Waals surface area (Å²) in [6, 6.07) is 4.87. The molecular formula is C14H22N2. The van der Waals surface area contributed by atoms with Crippen molar-refractivity contribution in [3.05, 3.63) is 29.1 Å². The molecule has 0 spiro atoms. The number of pyridine rings is 1. The number of aromatic nitrogens is 1. The molecule has 0 amide bonds. The Morgan fingerprint density at radius 1 is 1.38 bits per heavy atom. The van der Waals surface area contributed by atoms with Crippen LogP contribution >= 0.6 is 0 Å². The quantitative estimate of drug-likeness (QED) is 0.821. The first-order chi connectivity index (χ1) is 7.70. The third kappa shape index (κ3) is 2.82. The molecule has 2 rings (SSSR count). The second-order valence-electron chi connectivity index (χ2n) is 4.92. The third-order valence-corrected chi connectivity index (χ3v) is 3.36. The van der Waals surface area contributed by atoms with Gasteiger partial charge in [-0.25, -0.2) is 0 Å². The molecule has 88 valence electrons. The molecule has 1 aliphatic carbocycles. The minimum absolute atomic E-state index is 0.505. The van der Waals surface area contributed by atoms with Gasteiger partial charge in [0.2, 0.25) is 0 Å². The maximum Gasteiger partial charge on any atom is 0.0423 e. The van der Waals surface area contributed by atoms with Gasteiger partial charge >= 0.3 is 0 Å². The van der Waals surface area contributed by atoms with Crippen molar-refractivity contribution in [1.29, 1.82) is 0 Å². The first-order valence-corrected chi connectivity index (χ1v) is 6.38. The topological polar surface area (TPSA) is 24.9 Å². The molecular weight excluding hydrogens is 196 g/mol. The van der Waals surface area contributed by atoms with Crippen molar-refractivity contribution < 1.29 is 0 Å². The van der Waals surface area contributed by atoms with Crippen LogP contribution in [0.4, 0.5) is 0 Å². The Kier molecular flexibility index (Phi) is 3.59. The van der Waals surface area contributed by atoms with Gasteiger partial charge in [-0.15, -0.1) is 0 Å². The Morgan fingerprint density at radius 2 is 2.12 bits per heavy atom. The van der Waals surface area contributed by atoms with E-state index in [1.165, 1.54) is 30.5 Å². The van der Waals surface area contributed by atoms with E-state index in [9.17, 15) is 0 Å². The summed E-state index contributed by atoms with van der Waals surface area (Å²) in [5.74, 6) is 0.949. The normalized spacial score (nSPS) is 17.4. The fourth-order valence-electron chi connectivity index (χ4n) is 2.32. The Morgan fingerprint density at radius 3 is 2.69 bits per heavy atom. The van der Waals surface area contributed by atoms with Crippen LogP contribution in [-0.4, -0.2) is 11.5 Å². The number of rotatable bonds is 5. The lowest BCUT2D eigenvalue weighted by atomic mass is 9.99. The molecule has 1 N–H and O–H groups in total. The van der Waals surface area contributed by atoms with Gasteiger partial charge in [0.15, 0.2) is 0 Å². The molecule has 1 fully saturated rings.